The van der Waals surface area contributed by atoms with Gasteiger partial charge < -0.3 is 9.64 Å². The van der Waals surface area contributed by atoms with Gasteiger partial charge in [-0.05, 0) is 115 Å². The molecule has 0 unspecified atom stereocenters. The summed E-state index contributed by atoms with van der Waals surface area (Å²) in [5.74, 6) is 1.73. The number of fused-ring (bicyclic) bond motifs is 17. The second-order valence-electron chi connectivity index (χ2n) is 15.2. The van der Waals surface area contributed by atoms with Crippen molar-refractivity contribution in [2.45, 2.75) is 5.41 Å². The molecule has 1 spiro atoms. The highest BCUT2D eigenvalue weighted by molar-refractivity contribution is 5.99. The Hall–Kier alpha value is -7.42. The normalized spacial score (nSPS) is 13.2. The Morgan fingerprint density at radius 2 is 0.649 bits per heavy atom. The molecular formula is C55H35NO. The van der Waals surface area contributed by atoms with Crippen LogP contribution in [0.2, 0.25) is 0 Å². The van der Waals surface area contributed by atoms with E-state index in [2.05, 4.69) is 205 Å². The molecule has 0 fully saturated rings. The molecule has 0 amide bonds. The Morgan fingerprint density at radius 1 is 0.263 bits per heavy atom. The molecule has 0 N–H and O–H groups in total. The Kier molecular flexibility index (Phi) is 6.88. The molecule has 9 aromatic carbocycles. The lowest BCUT2D eigenvalue weighted by molar-refractivity contribution is 0.488. The van der Waals surface area contributed by atoms with Crippen molar-refractivity contribution in [3.63, 3.8) is 0 Å². The fourth-order valence-electron chi connectivity index (χ4n) is 10.0. The van der Waals surface area contributed by atoms with E-state index in [1.54, 1.807) is 0 Å². The molecule has 0 radical (unpaired) electrons. The monoisotopic (exact) mass is 725 g/mol. The van der Waals surface area contributed by atoms with Gasteiger partial charge in [-0.3, -0.25) is 0 Å². The molecule has 57 heavy (non-hydrogen) atoms. The third kappa shape index (κ3) is 4.53. The van der Waals surface area contributed by atoms with Gasteiger partial charge >= 0.3 is 0 Å². The van der Waals surface area contributed by atoms with Crippen molar-refractivity contribution >= 4 is 17.1 Å². The van der Waals surface area contributed by atoms with Crippen molar-refractivity contribution in [2.24, 2.45) is 0 Å². The topological polar surface area (TPSA) is 12.5 Å². The first kappa shape index (κ1) is 31.9. The highest BCUT2D eigenvalue weighted by Gasteiger charge is 2.49. The van der Waals surface area contributed by atoms with Crippen LogP contribution in [0.3, 0.4) is 0 Å². The number of hydrogen-bond donors (Lipinski definition) is 0. The van der Waals surface area contributed by atoms with E-state index in [0.717, 1.165) is 50.8 Å². The van der Waals surface area contributed by atoms with E-state index in [0.29, 0.717) is 0 Å². The molecule has 2 aliphatic carbocycles. The minimum Gasteiger partial charge on any atom is -0.456 e. The largest absolute Gasteiger partial charge is 0.456 e. The van der Waals surface area contributed by atoms with Gasteiger partial charge in [0.1, 0.15) is 11.5 Å². The number of para-hydroxylation sites is 3. The molecule has 9 aromatic rings. The van der Waals surface area contributed by atoms with Gasteiger partial charge in [-0.15, -0.1) is 0 Å². The lowest BCUT2D eigenvalue weighted by Crippen LogP contribution is -2.29. The second kappa shape index (κ2) is 12.3. The second-order valence-corrected chi connectivity index (χ2v) is 15.2. The van der Waals surface area contributed by atoms with Crippen molar-refractivity contribution in [1.29, 1.82) is 0 Å². The summed E-state index contributed by atoms with van der Waals surface area (Å²) >= 11 is 0. The smallest absolute Gasteiger partial charge is 0.135 e. The summed E-state index contributed by atoms with van der Waals surface area (Å²) in [7, 11) is 0. The third-order valence-corrected chi connectivity index (χ3v) is 12.3. The van der Waals surface area contributed by atoms with Gasteiger partial charge in [-0.25, -0.2) is 0 Å². The van der Waals surface area contributed by atoms with Gasteiger partial charge in [0.25, 0.3) is 0 Å². The molecule has 1 aliphatic heterocycles. The summed E-state index contributed by atoms with van der Waals surface area (Å²) in [6.07, 6.45) is 0. The SMILES string of the molecule is c1ccc(N(c2ccc3c(c2)-c2ccccc2Oc2ccccc2-3)c2ccc3c(c2)-c2ccccc2C32c3ccccc3-c3ccccc3-c3ccccc32)cc1. The number of hydrogen-bond acceptors (Lipinski definition) is 2. The number of nitrogens with zero attached hydrogens (tertiary/aromatic N) is 1. The van der Waals surface area contributed by atoms with Crippen molar-refractivity contribution < 1.29 is 4.74 Å². The predicted octanol–water partition coefficient (Wildman–Crippen LogP) is 14.6. The molecule has 0 atom stereocenters. The van der Waals surface area contributed by atoms with E-state index < -0.39 is 5.41 Å². The zero-order valence-corrected chi connectivity index (χ0v) is 31.1. The Balaban J connectivity index is 1.12. The third-order valence-electron chi connectivity index (χ3n) is 12.3. The van der Waals surface area contributed by atoms with Crippen LogP contribution in [0.15, 0.2) is 212 Å². The van der Waals surface area contributed by atoms with Crippen molar-refractivity contribution in [3.8, 4) is 67.1 Å². The minimum absolute atomic E-state index is 0.518. The summed E-state index contributed by atoms with van der Waals surface area (Å²) in [6.45, 7) is 0. The number of benzene rings is 9. The molecule has 0 saturated carbocycles. The maximum absolute atomic E-state index is 6.56. The molecule has 1 heterocycles. The molecule has 0 saturated heterocycles. The van der Waals surface area contributed by atoms with Crippen molar-refractivity contribution in [3.05, 3.63) is 235 Å². The molecule has 2 heteroatoms. The van der Waals surface area contributed by atoms with Crippen LogP contribution in [0.25, 0.3) is 55.6 Å². The zero-order valence-electron chi connectivity index (χ0n) is 31.1. The minimum atomic E-state index is -0.518. The summed E-state index contributed by atoms with van der Waals surface area (Å²) in [5, 5.41) is 0. The standard InChI is InChI=1S/C55H35NO/c1-2-16-36(17-3-1)56(37-30-32-41-45-23-9-14-28-53(45)57-54-29-15-10-24-46(54)47(41)34-37)38-31-33-52-48(35-38)44-22-8-13-27-51(44)55(52)49-25-11-6-20-42(49)39-18-4-5-19-40(39)43-21-7-12-26-50(43)55/h1-35H. The summed E-state index contributed by atoms with van der Waals surface area (Å²) in [5.41, 5.74) is 20.1. The zero-order chi connectivity index (χ0) is 37.5. The van der Waals surface area contributed by atoms with Gasteiger partial charge in [0.05, 0.1) is 5.41 Å². The highest BCUT2D eigenvalue weighted by Crippen LogP contribution is 2.62. The van der Waals surface area contributed by atoms with Gasteiger partial charge in [0.2, 0.25) is 0 Å². The van der Waals surface area contributed by atoms with Gasteiger partial charge in [0, 0.05) is 28.2 Å². The van der Waals surface area contributed by atoms with Crippen LogP contribution in [0.4, 0.5) is 17.1 Å². The van der Waals surface area contributed by atoms with Gasteiger partial charge in [0.15, 0.2) is 0 Å². The fraction of sp³-hybridized carbons (Fsp3) is 0.0182. The highest BCUT2D eigenvalue weighted by atomic mass is 16.5. The van der Waals surface area contributed by atoms with Crippen molar-refractivity contribution in [2.75, 3.05) is 4.90 Å². The summed E-state index contributed by atoms with van der Waals surface area (Å²) < 4.78 is 6.56. The molecule has 266 valence electrons. The van der Waals surface area contributed by atoms with Gasteiger partial charge in [-0.2, -0.15) is 0 Å². The average molecular weight is 726 g/mol. The summed E-state index contributed by atoms with van der Waals surface area (Å²) in [6, 6.07) is 77.6. The van der Waals surface area contributed by atoms with E-state index in [-0.39, 0.29) is 0 Å². The lowest BCUT2D eigenvalue weighted by atomic mass is 9.66. The van der Waals surface area contributed by atoms with E-state index in [9.17, 15) is 0 Å². The molecular weight excluding hydrogens is 691 g/mol. The maximum Gasteiger partial charge on any atom is 0.135 e. The van der Waals surface area contributed by atoms with Crippen LogP contribution >= 0.6 is 0 Å². The van der Waals surface area contributed by atoms with Crippen LogP contribution in [-0.2, 0) is 5.41 Å². The molecule has 0 bridgehead atoms. The Labute approximate surface area is 332 Å². The van der Waals surface area contributed by atoms with Crippen LogP contribution < -0.4 is 9.64 Å². The Bertz CT molecular complexity index is 3000. The van der Waals surface area contributed by atoms with E-state index in [4.69, 9.17) is 4.74 Å². The van der Waals surface area contributed by atoms with Crippen molar-refractivity contribution in [1.82, 2.24) is 0 Å². The molecule has 0 aromatic heterocycles. The summed E-state index contributed by atoms with van der Waals surface area (Å²) in [4.78, 5) is 2.40. The van der Waals surface area contributed by atoms with E-state index in [1.807, 2.05) is 12.1 Å². The molecule has 12 rings (SSSR count). The van der Waals surface area contributed by atoms with Crippen LogP contribution in [0.5, 0.6) is 11.5 Å². The van der Waals surface area contributed by atoms with Crippen LogP contribution in [0, 0.1) is 0 Å². The van der Waals surface area contributed by atoms with E-state index in [1.165, 1.54) is 55.6 Å². The van der Waals surface area contributed by atoms with Crippen LogP contribution in [0.1, 0.15) is 22.3 Å². The average Bonchev–Trinajstić information content (AvgIpc) is 3.41. The maximum atomic E-state index is 6.56. The fourth-order valence-corrected chi connectivity index (χ4v) is 10.0. The quantitative estimate of drug-likeness (QED) is 0.180. The number of ether oxygens (including phenoxy) is 1. The number of rotatable bonds is 3. The first-order valence-corrected chi connectivity index (χ1v) is 19.7. The molecule has 3 aliphatic rings. The predicted molar refractivity (Wildman–Crippen MR) is 234 cm³/mol. The van der Waals surface area contributed by atoms with Crippen LogP contribution in [-0.4, -0.2) is 0 Å². The first-order chi connectivity index (χ1) is 28.3. The number of anilines is 3. The lowest BCUT2D eigenvalue weighted by Gasteiger charge is -2.35. The van der Waals surface area contributed by atoms with E-state index >= 15 is 0 Å². The van der Waals surface area contributed by atoms with Gasteiger partial charge in [-0.1, -0.05) is 164 Å². The first-order valence-electron chi connectivity index (χ1n) is 19.7. The molecule has 2 nitrogen and oxygen atoms in total. The Morgan fingerprint density at radius 3 is 1.23 bits per heavy atom.